The van der Waals surface area contributed by atoms with Gasteiger partial charge in [0.2, 0.25) is 10.0 Å². The largest absolute Gasteiger partial charge is 0.417 e. The molecule has 1 aromatic carbocycles. The maximum atomic E-state index is 12.8. The molecule has 0 saturated heterocycles. The summed E-state index contributed by atoms with van der Waals surface area (Å²) < 4.78 is 63.5. The number of rotatable bonds is 5. The number of hydrogen-bond acceptors (Lipinski definition) is 3. The summed E-state index contributed by atoms with van der Waals surface area (Å²) in [6.07, 6.45) is -4.75. The van der Waals surface area contributed by atoms with Crippen molar-refractivity contribution >= 4 is 10.0 Å². The van der Waals surface area contributed by atoms with E-state index in [4.69, 9.17) is 5.11 Å². The molecular formula is C11H14F3NO3S. The van der Waals surface area contributed by atoms with Gasteiger partial charge in [0.05, 0.1) is 17.1 Å². The van der Waals surface area contributed by atoms with Gasteiger partial charge in [-0.05, 0) is 12.1 Å². The first kappa shape index (κ1) is 15.9. The molecule has 1 N–H and O–H groups in total. The highest BCUT2D eigenvalue weighted by atomic mass is 32.2. The minimum absolute atomic E-state index is 0.0188. The quantitative estimate of drug-likeness (QED) is 0.900. The van der Waals surface area contributed by atoms with E-state index in [1.165, 1.54) is 13.0 Å². The lowest BCUT2D eigenvalue weighted by molar-refractivity contribution is -0.139. The van der Waals surface area contributed by atoms with E-state index in [1.807, 2.05) is 0 Å². The van der Waals surface area contributed by atoms with Gasteiger partial charge in [0.1, 0.15) is 0 Å². The Morgan fingerprint density at radius 3 is 2.32 bits per heavy atom. The average Bonchev–Trinajstić information content (AvgIpc) is 2.34. The molecule has 1 aromatic rings. The van der Waals surface area contributed by atoms with Crippen LogP contribution < -0.4 is 0 Å². The normalized spacial score (nSPS) is 12.9. The van der Waals surface area contributed by atoms with E-state index in [9.17, 15) is 21.6 Å². The third kappa shape index (κ3) is 3.46. The number of aliphatic hydroxyl groups excluding tert-OH is 1. The van der Waals surface area contributed by atoms with Crippen LogP contribution in [0.3, 0.4) is 0 Å². The molecule has 0 aliphatic carbocycles. The van der Waals surface area contributed by atoms with Gasteiger partial charge in [-0.2, -0.15) is 17.5 Å². The highest BCUT2D eigenvalue weighted by Gasteiger charge is 2.38. The number of alkyl halides is 3. The molecule has 4 nitrogen and oxygen atoms in total. The molecule has 0 fully saturated rings. The van der Waals surface area contributed by atoms with E-state index in [0.717, 1.165) is 22.5 Å². The first-order chi connectivity index (χ1) is 8.75. The molecule has 108 valence electrons. The van der Waals surface area contributed by atoms with Crippen LogP contribution in [-0.2, 0) is 16.2 Å². The topological polar surface area (TPSA) is 57.6 Å². The number of sulfonamides is 1. The Morgan fingerprint density at radius 1 is 1.26 bits per heavy atom. The fourth-order valence-electron chi connectivity index (χ4n) is 1.62. The molecule has 0 bridgehead atoms. The first-order valence-electron chi connectivity index (χ1n) is 5.52. The van der Waals surface area contributed by atoms with E-state index in [2.05, 4.69) is 0 Å². The Morgan fingerprint density at radius 2 is 1.84 bits per heavy atom. The molecule has 0 atom stereocenters. The van der Waals surface area contributed by atoms with Gasteiger partial charge in [-0.1, -0.05) is 19.1 Å². The Balaban J connectivity index is 3.37. The summed E-state index contributed by atoms with van der Waals surface area (Å²) in [6, 6.07) is 4.00. The number of hydrogen-bond donors (Lipinski definition) is 1. The van der Waals surface area contributed by atoms with E-state index >= 15 is 0 Å². The maximum absolute atomic E-state index is 12.8. The van der Waals surface area contributed by atoms with Crippen LogP contribution in [0, 0.1) is 0 Å². The van der Waals surface area contributed by atoms with Crippen molar-refractivity contribution in [2.75, 3.05) is 19.7 Å². The molecular weight excluding hydrogens is 283 g/mol. The predicted molar refractivity (Wildman–Crippen MR) is 63.0 cm³/mol. The number of nitrogens with zero attached hydrogens (tertiary/aromatic N) is 1. The van der Waals surface area contributed by atoms with Crippen molar-refractivity contribution in [3.8, 4) is 0 Å². The van der Waals surface area contributed by atoms with Gasteiger partial charge in [-0.25, -0.2) is 8.42 Å². The average molecular weight is 297 g/mol. The van der Waals surface area contributed by atoms with Crippen LogP contribution >= 0.6 is 0 Å². The standard InChI is InChI=1S/C11H14F3NO3S/c1-2-15(7-8-16)19(17,18)10-6-4-3-5-9(10)11(12,13)14/h3-6,16H,2,7-8H2,1H3. The molecule has 1 rings (SSSR count). The van der Waals surface area contributed by atoms with E-state index in [0.29, 0.717) is 0 Å². The monoisotopic (exact) mass is 297 g/mol. The van der Waals surface area contributed by atoms with Crippen LogP contribution in [0.4, 0.5) is 13.2 Å². The van der Waals surface area contributed by atoms with Crippen molar-refractivity contribution in [2.45, 2.75) is 18.0 Å². The lowest BCUT2D eigenvalue weighted by atomic mass is 10.2. The zero-order valence-corrected chi connectivity index (χ0v) is 11.0. The van der Waals surface area contributed by atoms with E-state index in [1.54, 1.807) is 0 Å². The van der Waals surface area contributed by atoms with Gasteiger partial charge in [-0.15, -0.1) is 0 Å². The Kier molecular flexibility index (Phi) is 4.94. The number of likely N-dealkylation sites (N-methyl/N-ethyl adjacent to an activating group) is 1. The van der Waals surface area contributed by atoms with Crippen molar-refractivity contribution < 1.29 is 26.7 Å². The third-order valence-electron chi connectivity index (χ3n) is 2.51. The SMILES string of the molecule is CCN(CCO)S(=O)(=O)c1ccccc1C(F)(F)F. The van der Waals surface area contributed by atoms with Gasteiger partial charge >= 0.3 is 6.18 Å². The van der Waals surface area contributed by atoms with Gasteiger partial charge in [-0.3, -0.25) is 0 Å². The van der Waals surface area contributed by atoms with Gasteiger partial charge in [0.25, 0.3) is 0 Å². The molecule has 0 spiro atoms. The molecule has 0 aromatic heterocycles. The van der Waals surface area contributed by atoms with E-state index < -0.39 is 33.3 Å². The molecule has 0 amide bonds. The third-order valence-corrected chi connectivity index (χ3v) is 4.54. The zero-order chi connectivity index (χ0) is 14.7. The van der Waals surface area contributed by atoms with Gasteiger partial charge in [0.15, 0.2) is 0 Å². The highest BCUT2D eigenvalue weighted by Crippen LogP contribution is 2.34. The maximum Gasteiger partial charge on any atom is 0.417 e. The Labute approximate surface area is 109 Å². The molecule has 19 heavy (non-hydrogen) atoms. The van der Waals surface area contributed by atoms with Gasteiger partial charge in [0, 0.05) is 13.1 Å². The van der Waals surface area contributed by atoms with Crippen LogP contribution in [0.15, 0.2) is 29.2 Å². The summed E-state index contributed by atoms with van der Waals surface area (Å²) in [4.78, 5) is -0.794. The molecule has 8 heteroatoms. The van der Waals surface area contributed by atoms with Crippen molar-refractivity contribution in [3.05, 3.63) is 29.8 Å². The molecule has 0 unspecified atom stereocenters. The summed E-state index contributed by atoms with van der Waals surface area (Å²) in [5, 5.41) is 8.78. The smallest absolute Gasteiger partial charge is 0.395 e. The van der Waals surface area contributed by atoms with Crippen LogP contribution in [0.1, 0.15) is 12.5 Å². The second-order valence-electron chi connectivity index (χ2n) is 3.71. The molecule has 0 aliphatic heterocycles. The van der Waals surface area contributed by atoms with Crippen molar-refractivity contribution in [1.82, 2.24) is 4.31 Å². The minimum atomic E-state index is -4.75. The predicted octanol–water partition coefficient (Wildman–Crippen LogP) is 1.71. The fraction of sp³-hybridized carbons (Fsp3) is 0.455. The molecule has 0 saturated carbocycles. The highest BCUT2D eigenvalue weighted by molar-refractivity contribution is 7.89. The summed E-state index contributed by atoms with van der Waals surface area (Å²) >= 11 is 0. The van der Waals surface area contributed by atoms with Gasteiger partial charge < -0.3 is 5.11 Å². The Hall–Kier alpha value is -1.12. The second-order valence-corrected chi connectivity index (χ2v) is 5.62. The van der Waals surface area contributed by atoms with Crippen LogP contribution in [0.25, 0.3) is 0 Å². The summed E-state index contributed by atoms with van der Waals surface area (Å²) in [5.74, 6) is 0. The second kappa shape index (κ2) is 5.89. The number of halogens is 3. The summed E-state index contributed by atoms with van der Waals surface area (Å²) in [7, 11) is -4.27. The first-order valence-corrected chi connectivity index (χ1v) is 6.96. The van der Waals surface area contributed by atoms with E-state index in [-0.39, 0.29) is 13.1 Å². The van der Waals surface area contributed by atoms with Crippen molar-refractivity contribution in [1.29, 1.82) is 0 Å². The zero-order valence-electron chi connectivity index (χ0n) is 10.2. The van der Waals surface area contributed by atoms with Crippen LogP contribution in [-0.4, -0.2) is 37.5 Å². The van der Waals surface area contributed by atoms with Crippen LogP contribution in [0.5, 0.6) is 0 Å². The fourth-order valence-corrected chi connectivity index (χ4v) is 3.28. The summed E-state index contributed by atoms with van der Waals surface area (Å²) in [5.41, 5.74) is -1.20. The summed E-state index contributed by atoms with van der Waals surface area (Å²) in [6.45, 7) is 0.769. The van der Waals surface area contributed by atoms with Crippen molar-refractivity contribution in [2.24, 2.45) is 0 Å². The molecule has 0 heterocycles. The minimum Gasteiger partial charge on any atom is -0.395 e. The number of aliphatic hydroxyl groups is 1. The molecule has 0 radical (unpaired) electrons. The molecule has 0 aliphatic rings. The Bertz CT molecular complexity index is 528. The lowest BCUT2D eigenvalue weighted by Gasteiger charge is -2.21. The number of benzene rings is 1. The van der Waals surface area contributed by atoms with Crippen LogP contribution in [0.2, 0.25) is 0 Å². The lowest BCUT2D eigenvalue weighted by Crippen LogP contribution is -2.34. The van der Waals surface area contributed by atoms with Crippen molar-refractivity contribution in [3.63, 3.8) is 0 Å².